The van der Waals surface area contributed by atoms with Crippen molar-refractivity contribution < 1.29 is 14.4 Å². The van der Waals surface area contributed by atoms with Crippen molar-refractivity contribution in [1.82, 2.24) is 4.90 Å². The fraction of sp³-hybridized carbons (Fsp3) is 0.476. The Bertz CT molecular complexity index is 682. The molecular weight excluding hydrogens is 328 g/mol. The Hall–Kier alpha value is -2.43. The van der Waals surface area contributed by atoms with E-state index in [1.165, 1.54) is 10.5 Å². The summed E-state index contributed by atoms with van der Waals surface area (Å²) in [6, 6.07) is 7.84. The predicted octanol–water partition coefficient (Wildman–Crippen LogP) is 3.31. The maximum Gasteiger partial charge on any atom is 0.233 e. The second kappa shape index (κ2) is 8.30. The number of benzene rings is 1. The van der Waals surface area contributed by atoms with Crippen molar-refractivity contribution in [1.29, 1.82) is 0 Å². The lowest BCUT2D eigenvalue weighted by Crippen LogP contribution is -2.34. The summed E-state index contributed by atoms with van der Waals surface area (Å²) in [6.07, 6.45) is 8.67. The molecule has 3 rings (SSSR count). The van der Waals surface area contributed by atoms with Crippen LogP contribution in [0.25, 0.3) is 0 Å². The molecule has 0 unspecified atom stereocenters. The van der Waals surface area contributed by atoms with E-state index in [2.05, 4.69) is 12.2 Å². The predicted molar refractivity (Wildman–Crippen MR) is 100 cm³/mol. The van der Waals surface area contributed by atoms with Gasteiger partial charge in [-0.1, -0.05) is 37.6 Å². The third kappa shape index (κ3) is 4.03. The van der Waals surface area contributed by atoms with E-state index in [0.717, 1.165) is 24.9 Å². The SMILES string of the molecule is CCCCc1ccc(NC(=O)CCN2C(=O)[C@H]3CC=CC[C@@H]3C2=O)cc1. The highest BCUT2D eigenvalue weighted by Gasteiger charge is 2.46. The minimum absolute atomic E-state index is 0.127. The highest BCUT2D eigenvalue weighted by Crippen LogP contribution is 2.35. The van der Waals surface area contributed by atoms with E-state index < -0.39 is 0 Å². The summed E-state index contributed by atoms with van der Waals surface area (Å²) in [5.41, 5.74) is 2.00. The van der Waals surface area contributed by atoms with Gasteiger partial charge in [0.25, 0.3) is 0 Å². The Morgan fingerprint density at radius 2 is 1.69 bits per heavy atom. The summed E-state index contributed by atoms with van der Waals surface area (Å²) in [7, 11) is 0. The van der Waals surface area contributed by atoms with Crippen LogP contribution in [0.1, 0.15) is 44.6 Å². The molecule has 26 heavy (non-hydrogen) atoms. The number of likely N-dealkylation sites (tertiary alicyclic amines) is 1. The molecule has 0 spiro atoms. The van der Waals surface area contributed by atoms with Crippen LogP contribution in [-0.2, 0) is 20.8 Å². The van der Waals surface area contributed by atoms with Gasteiger partial charge >= 0.3 is 0 Å². The summed E-state index contributed by atoms with van der Waals surface area (Å²) >= 11 is 0. The molecule has 3 amide bonds. The topological polar surface area (TPSA) is 66.5 Å². The maximum absolute atomic E-state index is 12.4. The molecule has 1 heterocycles. The zero-order chi connectivity index (χ0) is 18.5. The average Bonchev–Trinajstić information content (AvgIpc) is 2.90. The first kappa shape index (κ1) is 18.4. The molecule has 0 bridgehead atoms. The zero-order valence-corrected chi connectivity index (χ0v) is 15.2. The smallest absolute Gasteiger partial charge is 0.233 e. The molecule has 138 valence electrons. The molecule has 1 N–H and O–H groups in total. The van der Waals surface area contributed by atoms with Crippen molar-refractivity contribution in [2.75, 3.05) is 11.9 Å². The molecule has 1 aliphatic carbocycles. The lowest BCUT2D eigenvalue weighted by atomic mass is 9.85. The van der Waals surface area contributed by atoms with Crippen LogP contribution in [0.4, 0.5) is 5.69 Å². The molecule has 2 atom stereocenters. The Morgan fingerprint density at radius 3 is 2.27 bits per heavy atom. The van der Waals surface area contributed by atoms with Crippen LogP contribution in [0.3, 0.4) is 0 Å². The van der Waals surface area contributed by atoms with Crippen LogP contribution >= 0.6 is 0 Å². The number of fused-ring (bicyclic) bond motifs is 1. The highest BCUT2D eigenvalue weighted by atomic mass is 16.2. The van der Waals surface area contributed by atoms with E-state index in [9.17, 15) is 14.4 Å². The Morgan fingerprint density at radius 1 is 1.08 bits per heavy atom. The quantitative estimate of drug-likeness (QED) is 0.603. The standard InChI is InChI=1S/C21H26N2O3/c1-2-3-6-15-9-11-16(12-10-15)22-19(24)13-14-23-20(25)17-7-4-5-8-18(17)21(23)26/h4-5,9-12,17-18H,2-3,6-8,13-14H2,1H3,(H,22,24)/t17-,18-/m0/s1. The molecular formula is C21H26N2O3. The number of nitrogens with zero attached hydrogens (tertiary/aromatic N) is 1. The third-order valence-electron chi connectivity index (χ3n) is 5.22. The van der Waals surface area contributed by atoms with Crippen LogP contribution in [0.15, 0.2) is 36.4 Å². The summed E-state index contributed by atoms with van der Waals surface area (Å²) < 4.78 is 0. The van der Waals surface area contributed by atoms with E-state index in [4.69, 9.17) is 0 Å². The van der Waals surface area contributed by atoms with Crippen molar-refractivity contribution in [3.05, 3.63) is 42.0 Å². The molecule has 0 aromatic heterocycles. The monoisotopic (exact) mass is 354 g/mol. The van der Waals surface area contributed by atoms with Crippen molar-refractivity contribution in [2.24, 2.45) is 11.8 Å². The van der Waals surface area contributed by atoms with Gasteiger partial charge in [0.2, 0.25) is 17.7 Å². The van der Waals surface area contributed by atoms with Crippen molar-refractivity contribution in [2.45, 2.75) is 45.4 Å². The number of hydrogen-bond donors (Lipinski definition) is 1. The van der Waals surface area contributed by atoms with Crippen LogP contribution in [0.5, 0.6) is 0 Å². The number of nitrogens with one attached hydrogen (secondary N) is 1. The molecule has 5 nitrogen and oxygen atoms in total. The Kier molecular flexibility index (Phi) is 5.86. The lowest BCUT2D eigenvalue weighted by molar-refractivity contribution is -0.140. The number of amides is 3. The Labute approximate surface area is 154 Å². The number of imide groups is 1. The number of carbonyl (C=O) groups is 3. The fourth-order valence-electron chi connectivity index (χ4n) is 3.66. The van der Waals surface area contributed by atoms with Crippen molar-refractivity contribution in [3.8, 4) is 0 Å². The Balaban J connectivity index is 1.50. The van der Waals surface area contributed by atoms with Gasteiger partial charge in [-0.15, -0.1) is 0 Å². The van der Waals surface area contributed by atoms with E-state index in [1.807, 2.05) is 36.4 Å². The maximum atomic E-state index is 12.4. The second-order valence-corrected chi connectivity index (χ2v) is 7.08. The van der Waals surface area contributed by atoms with Gasteiger partial charge in [-0.3, -0.25) is 19.3 Å². The number of hydrogen-bond acceptors (Lipinski definition) is 3. The van der Waals surface area contributed by atoms with Crippen LogP contribution < -0.4 is 5.32 Å². The van der Waals surface area contributed by atoms with Crippen LogP contribution in [0.2, 0.25) is 0 Å². The number of allylic oxidation sites excluding steroid dienone is 2. The third-order valence-corrected chi connectivity index (χ3v) is 5.22. The van der Waals surface area contributed by atoms with Crippen LogP contribution in [-0.4, -0.2) is 29.2 Å². The zero-order valence-electron chi connectivity index (χ0n) is 15.2. The first-order valence-electron chi connectivity index (χ1n) is 9.49. The molecule has 2 aliphatic rings. The molecule has 0 saturated carbocycles. The molecule has 1 aromatic carbocycles. The normalized spacial score (nSPS) is 21.8. The summed E-state index contributed by atoms with van der Waals surface area (Å²) in [5, 5.41) is 2.84. The molecule has 1 aliphatic heterocycles. The van der Waals surface area contributed by atoms with Gasteiger partial charge in [0.05, 0.1) is 11.8 Å². The average molecular weight is 354 g/mol. The van der Waals surface area contributed by atoms with E-state index in [1.54, 1.807) is 0 Å². The fourth-order valence-corrected chi connectivity index (χ4v) is 3.66. The van der Waals surface area contributed by atoms with E-state index >= 15 is 0 Å². The van der Waals surface area contributed by atoms with Gasteiger partial charge in [0.1, 0.15) is 0 Å². The molecule has 5 heteroatoms. The number of carbonyl (C=O) groups excluding carboxylic acids is 3. The number of rotatable bonds is 7. The highest BCUT2D eigenvalue weighted by molar-refractivity contribution is 6.05. The minimum atomic E-state index is -0.230. The first-order chi connectivity index (χ1) is 12.6. The van der Waals surface area contributed by atoms with E-state index in [0.29, 0.717) is 12.8 Å². The van der Waals surface area contributed by atoms with Gasteiger partial charge in [0.15, 0.2) is 0 Å². The molecule has 1 aromatic rings. The van der Waals surface area contributed by atoms with Gasteiger partial charge in [-0.2, -0.15) is 0 Å². The number of anilines is 1. The van der Waals surface area contributed by atoms with Gasteiger partial charge < -0.3 is 5.32 Å². The van der Waals surface area contributed by atoms with Crippen molar-refractivity contribution in [3.63, 3.8) is 0 Å². The molecule has 1 fully saturated rings. The number of unbranched alkanes of at least 4 members (excludes halogenated alkanes) is 1. The molecule has 1 saturated heterocycles. The van der Waals surface area contributed by atoms with Crippen molar-refractivity contribution >= 4 is 23.4 Å². The summed E-state index contributed by atoms with van der Waals surface area (Å²) in [5.74, 6) is -0.896. The second-order valence-electron chi connectivity index (χ2n) is 7.08. The molecule has 0 radical (unpaired) electrons. The van der Waals surface area contributed by atoms with Crippen LogP contribution in [0, 0.1) is 11.8 Å². The minimum Gasteiger partial charge on any atom is -0.326 e. The summed E-state index contributed by atoms with van der Waals surface area (Å²) in [4.78, 5) is 38.2. The van der Waals surface area contributed by atoms with Gasteiger partial charge in [-0.05, 0) is 43.4 Å². The summed E-state index contributed by atoms with van der Waals surface area (Å²) in [6.45, 7) is 2.32. The van der Waals surface area contributed by atoms with Gasteiger partial charge in [0, 0.05) is 18.7 Å². The van der Waals surface area contributed by atoms with E-state index in [-0.39, 0.29) is 42.5 Å². The lowest BCUT2D eigenvalue weighted by Gasteiger charge is -2.14. The number of aryl methyl sites for hydroxylation is 1. The first-order valence-corrected chi connectivity index (χ1v) is 9.49. The van der Waals surface area contributed by atoms with Gasteiger partial charge in [-0.25, -0.2) is 0 Å². The largest absolute Gasteiger partial charge is 0.326 e.